The van der Waals surface area contributed by atoms with Gasteiger partial charge < -0.3 is 9.64 Å². The summed E-state index contributed by atoms with van der Waals surface area (Å²) in [5.41, 5.74) is -0.137. The molecule has 0 aliphatic rings. The van der Waals surface area contributed by atoms with E-state index < -0.39 is 16.4 Å². The van der Waals surface area contributed by atoms with Crippen molar-refractivity contribution in [3.63, 3.8) is 0 Å². The van der Waals surface area contributed by atoms with Crippen molar-refractivity contribution in [2.45, 2.75) is 13.0 Å². The molecule has 0 unspecified atom stereocenters. The van der Waals surface area contributed by atoms with E-state index in [1.807, 2.05) is 11.9 Å². The van der Waals surface area contributed by atoms with Crippen molar-refractivity contribution in [3.05, 3.63) is 39.7 Å². The highest BCUT2D eigenvalue weighted by Gasteiger charge is 2.17. The zero-order chi connectivity index (χ0) is 13.5. The third-order valence-corrected chi connectivity index (χ3v) is 2.58. The van der Waals surface area contributed by atoms with E-state index in [1.165, 1.54) is 12.1 Å². The van der Waals surface area contributed by atoms with Gasteiger partial charge in [0.25, 0.3) is 0 Å². The molecule has 0 radical (unpaired) electrons. The summed E-state index contributed by atoms with van der Waals surface area (Å²) in [6.07, 6.45) is 0.837. The van der Waals surface area contributed by atoms with Crippen LogP contribution in [0.25, 0.3) is 0 Å². The van der Waals surface area contributed by atoms with Gasteiger partial charge in [-0.15, -0.1) is 0 Å². The molecule has 0 saturated carbocycles. The van der Waals surface area contributed by atoms with Crippen LogP contribution < -0.4 is 0 Å². The lowest BCUT2D eigenvalue weighted by atomic mass is 10.1. The number of halogens is 1. The van der Waals surface area contributed by atoms with Crippen LogP contribution in [0.3, 0.4) is 0 Å². The fourth-order valence-corrected chi connectivity index (χ4v) is 1.68. The molecule has 5 nitrogen and oxygen atoms in total. The third-order valence-electron chi connectivity index (χ3n) is 2.58. The quantitative estimate of drug-likeness (QED) is 0.426. The second-order valence-electron chi connectivity index (χ2n) is 4.09. The Hall–Kier alpha value is -1.53. The van der Waals surface area contributed by atoms with Crippen LogP contribution in [0.2, 0.25) is 0 Å². The summed E-state index contributed by atoms with van der Waals surface area (Å²) in [6, 6.07) is 4.23. The fourth-order valence-electron chi connectivity index (χ4n) is 1.68. The molecule has 0 fully saturated rings. The Balaban J connectivity index is 2.67. The van der Waals surface area contributed by atoms with E-state index in [0.29, 0.717) is 18.7 Å². The Kier molecular flexibility index (Phi) is 5.67. The Morgan fingerprint density at radius 3 is 2.83 bits per heavy atom. The molecule has 0 N–H and O–H groups in total. The highest BCUT2D eigenvalue weighted by molar-refractivity contribution is 5.36. The maximum atomic E-state index is 13.8. The van der Waals surface area contributed by atoms with Gasteiger partial charge in [-0.3, -0.25) is 10.1 Å². The van der Waals surface area contributed by atoms with E-state index in [9.17, 15) is 14.5 Å². The number of nitro benzene ring substituents is 1. The Morgan fingerprint density at radius 1 is 1.50 bits per heavy atom. The molecular formula is C12H17FN2O3. The molecule has 100 valence electrons. The van der Waals surface area contributed by atoms with Gasteiger partial charge in [0.1, 0.15) is 0 Å². The molecule has 0 spiro atoms. The number of nitrogens with zero attached hydrogens (tertiary/aromatic N) is 2. The largest absolute Gasteiger partial charge is 0.385 e. The standard InChI is InChI=1S/C12H17FN2O3/c1-14(7-4-8-18-2)9-10-5-3-6-11(12(10)13)15(16)17/h3,5-6H,4,7-9H2,1-2H3. The molecule has 0 heterocycles. The van der Waals surface area contributed by atoms with Crippen LogP contribution in [-0.2, 0) is 11.3 Å². The fraction of sp³-hybridized carbons (Fsp3) is 0.500. The maximum absolute atomic E-state index is 13.8. The maximum Gasteiger partial charge on any atom is 0.305 e. The van der Waals surface area contributed by atoms with Gasteiger partial charge in [-0.05, 0) is 13.5 Å². The zero-order valence-corrected chi connectivity index (χ0v) is 10.6. The van der Waals surface area contributed by atoms with Crippen LogP contribution in [0.15, 0.2) is 18.2 Å². The van der Waals surface area contributed by atoms with E-state index in [1.54, 1.807) is 13.2 Å². The first kappa shape index (κ1) is 14.5. The monoisotopic (exact) mass is 256 g/mol. The topological polar surface area (TPSA) is 55.6 Å². The molecule has 1 rings (SSSR count). The summed E-state index contributed by atoms with van der Waals surface area (Å²) in [7, 11) is 3.47. The van der Waals surface area contributed by atoms with Crippen molar-refractivity contribution in [2.24, 2.45) is 0 Å². The van der Waals surface area contributed by atoms with Gasteiger partial charge in [-0.25, -0.2) is 0 Å². The molecule has 18 heavy (non-hydrogen) atoms. The van der Waals surface area contributed by atoms with Crippen LogP contribution in [0.5, 0.6) is 0 Å². The van der Waals surface area contributed by atoms with E-state index in [4.69, 9.17) is 4.74 Å². The third kappa shape index (κ3) is 4.05. The van der Waals surface area contributed by atoms with Gasteiger partial charge in [0.05, 0.1) is 4.92 Å². The molecule has 6 heteroatoms. The predicted molar refractivity (Wildman–Crippen MR) is 65.9 cm³/mol. The Bertz CT molecular complexity index is 412. The number of rotatable bonds is 7. The number of hydrogen-bond acceptors (Lipinski definition) is 4. The summed E-state index contributed by atoms with van der Waals surface area (Å²) in [4.78, 5) is 11.8. The number of methoxy groups -OCH3 is 1. The molecule has 0 amide bonds. The highest BCUT2D eigenvalue weighted by Crippen LogP contribution is 2.21. The molecule has 0 bridgehead atoms. The first-order chi connectivity index (χ1) is 8.56. The molecule has 1 aromatic carbocycles. The second-order valence-corrected chi connectivity index (χ2v) is 4.09. The number of ether oxygens (including phenoxy) is 1. The average molecular weight is 256 g/mol. The van der Waals surface area contributed by atoms with Crippen LogP contribution in [0, 0.1) is 15.9 Å². The SMILES string of the molecule is COCCCN(C)Cc1cccc([N+](=O)[O-])c1F. The normalized spacial score (nSPS) is 10.9. The van der Waals surface area contributed by atoms with Crippen molar-refractivity contribution in [3.8, 4) is 0 Å². The number of hydrogen-bond donors (Lipinski definition) is 0. The molecular weight excluding hydrogens is 239 g/mol. The highest BCUT2D eigenvalue weighted by atomic mass is 19.1. The summed E-state index contributed by atoms with van der Waals surface area (Å²) < 4.78 is 18.7. The summed E-state index contributed by atoms with van der Waals surface area (Å²) >= 11 is 0. The minimum absolute atomic E-state index is 0.337. The van der Waals surface area contributed by atoms with E-state index in [0.717, 1.165) is 13.0 Å². The van der Waals surface area contributed by atoms with Gasteiger partial charge in [0.15, 0.2) is 0 Å². The first-order valence-electron chi connectivity index (χ1n) is 5.65. The summed E-state index contributed by atoms with van der Waals surface area (Å²) in [5, 5.41) is 10.6. The lowest BCUT2D eigenvalue weighted by Crippen LogP contribution is -2.21. The number of benzene rings is 1. The first-order valence-corrected chi connectivity index (χ1v) is 5.65. The summed E-state index contributed by atoms with van der Waals surface area (Å²) in [5.74, 6) is -0.749. The van der Waals surface area contributed by atoms with Crippen molar-refractivity contribution in [2.75, 3.05) is 27.3 Å². The zero-order valence-electron chi connectivity index (χ0n) is 10.6. The van der Waals surface area contributed by atoms with Gasteiger partial charge in [0.2, 0.25) is 5.82 Å². The van der Waals surface area contributed by atoms with Gasteiger partial charge in [0, 0.05) is 38.4 Å². The minimum atomic E-state index is -0.749. The van der Waals surface area contributed by atoms with Crippen molar-refractivity contribution in [1.29, 1.82) is 0 Å². The lowest BCUT2D eigenvalue weighted by molar-refractivity contribution is -0.387. The lowest BCUT2D eigenvalue weighted by Gasteiger charge is -2.16. The van der Waals surface area contributed by atoms with Crippen LogP contribution in [0.1, 0.15) is 12.0 Å². The molecule has 0 aliphatic carbocycles. The molecule has 0 saturated heterocycles. The van der Waals surface area contributed by atoms with Crippen molar-refractivity contribution < 1.29 is 14.1 Å². The van der Waals surface area contributed by atoms with Gasteiger partial charge in [-0.1, -0.05) is 12.1 Å². The Morgan fingerprint density at radius 2 is 2.22 bits per heavy atom. The van der Waals surface area contributed by atoms with Crippen LogP contribution in [-0.4, -0.2) is 37.1 Å². The minimum Gasteiger partial charge on any atom is -0.385 e. The average Bonchev–Trinajstić information content (AvgIpc) is 2.32. The Labute approximate surface area is 105 Å². The summed E-state index contributed by atoms with van der Waals surface area (Å²) in [6.45, 7) is 1.73. The van der Waals surface area contributed by atoms with E-state index in [-0.39, 0.29) is 0 Å². The van der Waals surface area contributed by atoms with E-state index >= 15 is 0 Å². The molecule has 0 aliphatic heterocycles. The molecule has 0 aromatic heterocycles. The smallest absolute Gasteiger partial charge is 0.305 e. The van der Waals surface area contributed by atoms with Gasteiger partial charge >= 0.3 is 5.69 Å². The second kappa shape index (κ2) is 7.03. The molecule has 1 aromatic rings. The van der Waals surface area contributed by atoms with E-state index in [2.05, 4.69) is 0 Å². The number of nitro groups is 1. The van der Waals surface area contributed by atoms with Crippen molar-refractivity contribution in [1.82, 2.24) is 4.90 Å². The van der Waals surface area contributed by atoms with Gasteiger partial charge in [-0.2, -0.15) is 4.39 Å². The molecule has 0 atom stereocenters. The van der Waals surface area contributed by atoms with Crippen LogP contribution in [0.4, 0.5) is 10.1 Å². The van der Waals surface area contributed by atoms with Crippen molar-refractivity contribution >= 4 is 5.69 Å². The predicted octanol–water partition coefficient (Wildman–Crippen LogP) is 2.20. The van der Waals surface area contributed by atoms with Crippen LogP contribution >= 0.6 is 0 Å².